The Kier molecular flexibility index (Phi) is 1.89. The second-order valence-electron chi connectivity index (χ2n) is 1.77. The van der Waals surface area contributed by atoms with Gasteiger partial charge in [0, 0.05) is 0 Å². The van der Waals surface area contributed by atoms with E-state index in [1.807, 2.05) is 0 Å². The molecule has 0 radical (unpaired) electrons. The topological polar surface area (TPSA) is 70.7 Å². The van der Waals surface area contributed by atoms with Crippen LogP contribution in [-0.4, -0.2) is 23.5 Å². The van der Waals surface area contributed by atoms with E-state index in [1.165, 1.54) is 6.07 Å². The maximum Gasteiger partial charge on any atom is 0.526 e. The number of aldehydes is 1. The van der Waals surface area contributed by atoms with E-state index < -0.39 is 7.12 Å². The molecule has 0 spiro atoms. The SMILES string of the molecule is O=Cc1coc(B(O)O)c1. The molecule has 0 unspecified atom stereocenters. The molecule has 0 aliphatic rings. The quantitative estimate of drug-likeness (QED) is 0.398. The number of carbonyl (C=O) groups excluding carboxylic acids is 1. The molecular formula is C5H5BO4. The Hall–Kier alpha value is -1.07. The molecule has 10 heavy (non-hydrogen) atoms. The van der Waals surface area contributed by atoms with Crippen LogP contribution in [0.15, 0.2) is 16.7 Å². The van der Waals surface area contributed by atoms with Crippen molar-refractivity contribution in [2.75, 3.05) is 0 Å². The summed E-state index contributed by atoms with van der Waals surface area (Å²) in [6, 6.07) is 1.26. The van der Waals surface area contributed by atoms with Gasteiger partial charge in [-0.2, -0.15) is 0 Å². The number of hydrogen-bond donors (Lipinski definition) is 2. The van der Waals surface area contributed by atoms with Gasteiger partial charge in [-0.1, -0.05) is 0 Å². The first-order chi connectivity index (χ1) is 4.74. The predicted molar refractivity (Wildman–Crippen MR) is 33.9 cm³/mol. The third kappa shape index (κ3) is 1.26. The van der Waals surface area contributed by atoms with Crippen molar-refractivity contribution >= 4 is 19.1 Å². The molecule has 5 heteroatoms. The molecule has 0 saturated carbocycles. The standard InChI is InChI=1S/C5H5BO4/c7-2-4-1-5(6(8)9)10-3-4/h1-3,8-9H. The van der Waals surface area contributed by atoms with Crippen LogP contribution in [0.2, 0.25) is 0 Å². The minimum absolute atomic E-state index is 0.0258. The summed E-state index contributed by atoms with van der Waals surface area (Å²) < 4.78 is 4.59. The van der Waals surface area contributed by atoms with Crippen molar-refractivity contribution in [1.82, 2.24) is 0 Å². The van der Waals surface area contributed by atoms with Crippen molar-refractivity contribution < 1.29 is 19.3 Å². The molecule has 1 aromatic heterocycles. The van der Waals surface area contributed by atoms with Crippen molar-refractivity contribution in [3.63, 3.8) is 0 Å². The summed E-state index contributed by atoms with van der Waals surface area (Å²) in [6.45, 7) is 0. The van der Waals surface area contributed by atoms with Gasteiger partial charge in [0.25, 0.3) is 0 Å². The fourth-order valence-electron chi connectivity index (χ4n) is 0.566. The molecule has 4 nitrogen and oxygen atoms in total. The Morgan fingerprint density at radius 1 is 1.60 bits per heavy atom. The lowest BCUT2D eigenvalue weighted by atomic mass is 9.88. The summed E-state index contributed by atoms with van der Waals surface area (Å²) in [4.78, 5) is 10.0. The minimum Gasteiger partial charge on any atom is -0.472 e. The summed E-state index contributed by atoms with van der Waals surface area (Å²) in [5.74, 6) is 0. The molecule has 2 N–H and O–H groups in total. The van der Waals surface area contributed by atoms with Crippen LogP contribution in [0.5, 0.6) is 0 Å². The van der Waals surface area contributed by atoms with Crippen LogP contribution in [0, 0.1) is 0 Å². The van der Waals surface area contributed by atoms with Gasteiger partial charge in [0.15, 0.2) is 6.29 Å². The highest BCUT2D eigenvalue weighted by Gasteiger charge is 2.15. The zero-order chi connectivity index (χ0) is 7.56. The number of carbonyl (C=O) groups is 1. The van der Waals surface area contributed by atoms with Crippen LogP contribution in [0.3, 0.4) is 0 Å². The molecule has 0 aromatic carbocycles. The Bertz CT molecular complexity index is 229. The van der Waals surface area contributed by atoms with Gasteiger partial charge in [0.1, 0.15) is 11.9 Å². The van der Waals surface area contributed by atoms with Crippen molar-refractivity contribution in [2.24, 2.45) is 0 Å². The molecule has 1 heterocycles. The van der Waals surface area contributed by atoms with Gasteiger partial charge in [0.05, 0.1) is 5.56 Å². The van der Waals surface area contributed by atoms with E-state index in [-0.39, 0.29) is 5.66 Å². The summed E-state index contributed by atoms with van der Waals surface area (Å²) >= 11 is 0. The molecule has 0 aliphatic heterocycles. The number of furan rings is 1. The van der Waals surface area contributed by atoms with E-state index in [0.717, 1.165) is 6.26 Å². The molecule has 0 aliphatic carbocycles. The normalized spacial score (nSPS) is 9.40. The fraction of sp³-hybridized carbons (Fsp3) is 0. The van der Waals surface area contributed by atoms with Crippen LogP contribution < -0.4 is 5.66 Å². The van der Waals surface area contributed by atoms with Gasteiger partial charge >= 0.3 is 7.12 Å². The molecule has 1 rings (SSSR count). The maximum atomic E-state index is 10.0. The molecule has 52 valence electrons. The van der Waals surface area contributed by atoms with Crippen LogP contribution in [0.1, 0.15) is 10.4 Å². The van der Waals surface area contributed by atoms with Gasteiger partial charge in [-0.25, -0.2) is 0 Å². The lowest BCUT2D eigenvalue weighted by Gasteiger charge is -1.87. The van der Waals surface area contributed by atoms with Crippen LogP contribution >= 0.6 is 0 Å². The first kappa shape index (κ1) is 7.05. The predicted octanol–water partition coefficient (Wildman–Crippen LogP) is -1.23. The summed E-state index contributed by atoms with van der Waals surface area (Å²) in [7, 11) is -1.64. The summed E-state index contributed by atoms with van der Waals surface area (Å²) in [5.41, 5.74) is 0.269. The monoisotopic (exact) mass is 140 g/mol. The van der Waals surface area contributed by atoms with Gasteiger partial charge in [-0.05, 0) is 6.07 Å². The third-order valence-corrected chi connectivity index (χ3v) is 1.03. The smallest absolute Gasteiger partial charge is 0.472 e. The first-order valence-corrected chi connectivity index (χ1v) is 2.64. The van der Waals surface area contributed by atoms with Gasteiger partial charge in [0.2, 0.25) is 0 Å². The zero-order valence-corrected chi connectivity index (χ0v) is 5.02. The lowest BCUT2D eigenvalue weighted by Crippen LogP contribution is -2.27. The average molecular weight is 140 g/mol. The highest BCUT2D eigenvalue weighted by molar-refractivity contribution is 6.57. The zero-order valence-electron chi connectivity index (χ0n) is 5.02. The molecule has 1 aromatic rings. The maximum absolute atomic E-state index is 10.0. The molecule has 0 bridgehead atoms. The van der Waals surface area contributed by atoms with Gasteiger partial charge in [-0.3, -0.25) is 4.79 Å². The highest BCUT2D eigenvalue weighted by Crippen LogP contribution is 1.93. The molecule has 0 amide bonds. The average Bonchev–Trinajstić information content (AvgIpc) is 2.34. The van der Waals surface area contributed by atoms with Crippen molar-refractivity contribution in [3.8, 4) is 0 Å². The van der Waals surface area contributed by atoms with E-state index in [1.54, 1.807) is 0 Å². The van der Waals surface area contributed by atoms with E-state index in [4.69, 9.17) is 10.0 Å². The summed E-state index contributed by atoms with van der Waals surface area (Å²) in [5, 5.41) is 17.0. The van der Waals surface area contributed by atoms with Crippen LogP contribution in [-0.2, 0) is 0 Å². The van der Waals surface area contributed by atoms with Crippen LogP contribution in [0.4, 0.5) is 0 Å². The van der Waals surface area contributed by atoms with Gasteiger partial charge in [-0.15, -0.1) is 0 Å². The van der Waals surface area contributed by atoms with E-state index in [9.17, 15) is 4.79 Å². The highest BCUT2D eigenvalue weighted by atomic mass is 16.4. The molecule has 0 atom stereocenters. The Morgan fingerprint density at radius 3 is 2.60 bits per heavy atom. The molecule has 0 saturated heterocycles. The second kappa shape index (κ2) is 2.68. The Balaban J connectivity index is 2.88. The third-order valence-electron chi connectivity index (χ3n) is 1.03. The fourth-order valence-corrected chi connectivity index (χ4v) is 0.566. The first-order valence-electron chi connectivity index (χ1n) is 2.64. The van der Waals surface area contributed by atoms with Crippen molar-refractivity contribution in [1.29, 1.82) is 0 Å². The van der Waals surface area contributed by atoms with E-state index in [2.05, 4.69) is 4.42 Å². The summed E-state index contributed by atoms with van der Waals surface area (Å²) in [6.07, 6.45) is 1.72. The Labute approximate surface area is 57.2 Å². The second-order valence-corrected chi connectivity index (χ2v) is 1.77. The number of rotatable bonds is 2. The lowest BCUT2D eigenvalue weighted by molar-refractivity contribution is 0.112. The minimum atomic E-state index is -1.64. The molecule has 0 fully saturated rings. The van der Waals surface area contributed by atoms with E-state index >= 15 is 0 Å². The van der Waals surface area contributed by atoms with Gasteiger partial charge < -0.3 is 14.5 Å². The molecular weight excluding hydrogens is 135 g/mol. The number of hydrogen-bond acceptors (Lipinski definition) is 4. The van der Waals surface area contributed by atoms with Crippen molar-refractivity contribution in [3.05, 3.63) is 17.9 Å². The van der Waals surface area contributed by atoms with Crippen LogP contribution in [0.25, 0.3) is 0 Å². The Morgan fingerprint density at radius 2 is 2.30 bits per heavy atom. The largest absolute Gasteiger partial charge is 0.526 e. The van der Waals surface area contributed by atoms with Crippen molar-refractivity contribution in [2.45, 2.75) is 0 Å². The van der Waals surface area contributed by atoms with E-state index in [0.29, 0.717) is 11.8 Å².